The molecular weight excluding hydrogens is 392 g/mol. The minimum absolute atomic E-state index is 0.0481. The molecule has 6 nitrogen and oxygen atoms in total. The average Bonchev–Trinajstić information content (AvgIpc) is 3.11. The number of para-hydroxylation sites is 1. The predicted molar refractivity (Wildman–Crippen MR) is 119 cm³/mol. The molecule has 3 heterocycles. The number of aromatic nitrogens is 1. The molecule has 0 spiro atoms. The minimum atomic E-state index is -0.618. The van der Waals surface area contributed by atoms with E-state index >= 15 is 0 Å². The normalized spacial score (nSPS) is 21.3. The molecule has 0 aliphatic carbocycles. The minimum Gasteiger partial charge on any atom is -0.466 e. The monoisotopic (exact) mass is 422 g/mol. The van der Waals surface area contributed by atoms with Gasteiger partial charge in [0, 0.05) is 40.8 Å². The number of nitrogens with one attached hydrogen (secondary N) is 1. The third-order valence-corrected chi connectivity index (χ3v) is 6.08. The van der Waals surface area contributed by atoms with Gasteiger partial charge in [0.1, 0.15) is 5.60 Å². The lowest BCUT2D eigenvalue weighted by atomic mass is 9.79. The van der Waals surface area contributed by atoms with Crippen LogP contribution < -0.4 is 0 Å². The van der Waals surface area contributed by atoms with Crippen LogP contribution in [-0.4, -0.2) is 41.1 Å². The molecule has 6 heteroatoms. The van der Waals surface area contributed by atoms with Crippen LogP contribution in [0.1, 0.15) is 51.4 Å². The first-order chi connectivity index (χ1) is 14.7. The quantitative estimate of drug-likeness (QED) is 0.585. The molecular formula is C25H30N2O4. The van der Waals surface area contributed by atoms with Crippen LogP contribution in [0.3, 0.4) is 0 Å². The smallest absolute Gasteiger partial charge is 0.336 e. The number of H-pyrrole nitrogens is 1. The summed E-state index contributed by atoms with van der Waals surface area (Å²) in [6.45, 7) is 8.16. The number of esters is 2. The first-order valence-corrected chi connectivity index (χ1v) is 10.8. The third kappa shape index (κ3) is 3.87. The molecule has 0 unspecified atom stereocenters. The molecule has 4 rings (SSSR count). The Kier molecular flexibility index (Phi) is 5.42. The Bertz CT molecular complexity index is 1090. The molecule has 2 aliphatic heterocycles. The van der Waals surface area contributed by atoms with E-state index in [0.717, 1.165) is 24.2 Å². The summed E-state index contributed by atoms with van der Waals surface area (Å²) in [6.07, 6.45) is 5.14. The highest BCUT2D eigenvalue weighted by Crippen LogP contribution is 2.45. The van der Waals surface area contributed by atoms with Crippen molar-refractivity contribution in [1.82, 2.24) is 9.88 Å². The standard InChI is InChI=1S/C25H30N2O4/c1-6-15(23(28)30-5)18-13-21-22-17(16-9-7-8-10-20(16)26-22)11-12-27(21)14-19(18)24(29)31-25(2,3)4/h6-10,14,18,21,26H,11-13H2,1-5H3/b15-6-/t18-,21-/m0/s1. The number of carbonyl (C=O) groups is 2. The van der Waals surface area contributed by atoms with E-state index in [1.165, 1.54) is 18.1 Å². The van der Waals surface area contributed by atoms with Crippen LogP contribution in [0, 0.1) is 5.92 Å². The van der Waals surface area contributed by atoms with Gasteiger partial charge in [-0.2, -0.15) is 0 Å². The van der Waals surface area contributed by atoms with E-state index in [4.69, 9.17) is 9.47 Å². The Labute approximate surface area is 182 Å². The molecule has 31 heavy (non-hydrogen) atoms. The number of hydrogen-bond donors (Lipinski definition) is 1. The maximum atomic E-state index is 13.1. The number of aromatic amines is 1. The van der Waals surface area contributed by atoms with Crippen LogP contribution in [0.5, 0.6) is 0 Å². The summed E-state index contributed by atoms with van der Waals surface area (Å²) in [5.41, 5.74) is 3.98. The van der Waals surface area contributed by atoms with Crippen molar-refractivity contribution in [2.45, 2.75) is 52.2 Å². The highest BCUT2D eigenvalue weighted by molar-refractivity contribution is 5.96. The molecule has 0 fully saturated rings. The van der Waals surface area contributed by atoms with Crippen molar-refractivity contribution in [3.05, 3.63) is 58.9 Å². The fourth-order valence-corrected chi connectivity index (χ4v) is 4.77. The second-order valence-electron chi connectivity index (χ2n) is 9.18. The van der Waals surface area contributed by atoms with Gasteiger partial charge < -0.3 is 19.4 Å². The summed E-state index contributed by atoms with van der Waals surface area (Å²) in [7, 11) is 1.37. The average molecular weight is 423 g/mol. The number of nitrogens with zero attached hydrogens (tertiary/aromatic N) is 1. The van der Waals surface area contributed by atoms with Crippen molar-refractivity contribution < 1.29 is 19.1 Å². The zero-order chi connectivity index (χ0) is 22.3. The highest BCUT2D eigenvalue weighted by atomic mass is 16.6. The number of rotatable bonds is 3. The number of fused-ring (bicyclic) bond motifs is 5. The second kappa shape index (κ2) is 7.91. The van der Waals surface area contributed by atoms with Gasteiger partial charge in [0.25, 0.3) is 0 Å². The van der Waals surface area contributed by atoms with Gasteiger partial charge in [-0.15, -0.1) is 0 Å². The van der Waals surface area contributed by atoms with E-state index in [-0.39, 0.29) is 12.0 Å². The molecule has 2 aromatic rings. The molecule has 1 N–H and O–H groups in total. The molecule has 0 saturated carbocycles. The van der Waals surface area contributed by atoms with Crippen molar-refractivity contribution in [2.24, 2.45) is 5.92 Å². The van der Waals surface area contributed by atoms with Gasteiger partial charge in [0.2, 0.25) is 0 Å². The first-order valence-electron chi connectivity index (χ1n) is 10.8. The Morgan fingerprint density at radius 1 is 1.23 bits per heavy atom. The Balaban J connectivity index is 1.79. The van der Waals surface area contributed by atoms with Crippen molar-refractivity contribution in [2.75, 3.05) is 13.7 Å². The third-order valence-electron chi connectivity index (χ3n) is 6.08. The van der Waals surface area contributed by atoms with Crippen LogP contribution in [-0.2, 0) is 25.5 Å². The number of methoxy groups -OCH3 is 1. The Hall–Kier alpha value is -3.02. The van der Waals surface area contributed by atoms with Gasteiger partial charge in [-0.05, 0) is 52.2 Å². The summed E-state index contributed by atoms with van der Waals surface area (Å²) in [5, 5.41) is 1.25. The SMILES string of the molecule is C/C=C(\C(=O)OC)[C@@H]1C[C@H]2c3[nH]c4ccccc4c3CCN2C=C1C(=O)OC(C)(C)C. The van der Waals surface area contributed by atoms with Crippen molar-refractivity contribution in [3.8, 4) is 0 Å². The fraction of sp³-hybridized carbons (Fsp3) is 0.440. The molecule has 0 saturated heterocycles. The van der Waals surface area contributed by atoms with Crippen LogP contribution in [0.4, 0.5) is 0 Å². The van der Waals surface area contributed by atoms with Crippen LogP contribution >= 0.6 is 0 Å². The highest BCUT2D eigenvalue weighted by Gasteiger charge is 2.41. The molecule has 1 aromatic carbocycles. The summed E-state index contributed by atoms with van der Waals surface area (Å²) in [6, 6.07) is 8.37. The van der Waals surface area contributed by atoms with Crippen LogP contribution in [0.25, 0.3) is 10.9 Å². The lowest BCUT2D eigenvalue weighted by molar-refractivity contribution is -0.150. The Morgan fingerprint density at radius 3 is 2.65 bits per heavy atom. The number of carbonyl (C=O) groups excluding carboxylic acids is 2. The number of hydrogen-bond acceptors (Lipinski definition) is 5. The maximum Gasteiger partial charge on any atom is 0.336 e. The molecule has 2 aliphatic rings. The largest absolute Gasteiger partial charge is 0.466 e. The molecule has 2 atom stereocenters. The fourth-order valence-electron chi connectivity index (χ4n) is 4.77. The summed E-state index contributed by atoms with van der Waals surface area (Å²) in [5.74, 6) is -1.20. The van der Waals surface area contributed by atoms with E-state index in [1.54, 1.807) is 13.0 Å². The van der Waals surface area contributed by atoms with Crippen LogP contribution in [0.2, 0.25) is 0 Å². The predicted octanol–water partition coefficient (Wildman–Crippen LogP) is 4.43. The van der Waals surface area contributed by atoms with Crippen molar-refractivity contribution in [3.63, 3.8) is 0 Å². The van der Waals surface area contributed by atoms with E-state index in [0.29, 0.717) is 17.6 Å². The van der Waals surface area contributed by atoms with E-state index in [1.807, 2.05) is 33.0 Å². The van der Waals surface area contributed by atoms with Crippen molar-refractivity contribution >= 4 is 22.8 Å². The molecule has 0 radical (unpaired) electrons. The number of benzene rings is 1. The van der Waals surface area contributed by atoms with Gasteiger partial charge in [-0.25, -0.2) is 9.59 Å². The number of ether oxygens (including phenoxy) is 2. The lowest BCUT2D eigenvalue weighted by Crippen LogP contribution is -2.40. The van der Waals surface area contributed by atoms with Gasteiger partial charge in [0.05, 0.1) is 18.7 Å². The molecule has 0 amide bonds. The maximum absolute atomic E-state index is 13.1. The zero-order valence-corrected chi connectivity index (χ0v) is 18.8. The zero-order valence-electron chi connectivity index (χ0n) is 18.8. The van der Waals surface area contributed by atoms with Gasteiger partial charge in [0.15, 0.2) is 0 Å². The first kappa shape index (κ1) is 21.2. The lowest BCUT2D eigenvalue weighted by Gasteiger charge is -2.42. The van der Waals surface area contributed by atoms with E-state index in [9.17, 15) is 9.59 Å². The molecule has 0 bridgehead atoms. The van der Waals surface area contributed by atoms with Crippen LogP contribution in [0.15, 0.2) is 47.7 Å². The Morgan fingerprint density at radius 2 is 1.97 bits per heavy atom. The molecule has 164 valence electrons. The summed E-state index contributed by atoms with van der Waals surface area (Å²) >= 11 is 0. The molecule has 1 aromatic heterocycles. The van der Waals surface area contributed by atoms with E-state index < -0.39 is 17.5 Å². The number of allylic oxidation sites excluding steroid dienone is 1. The van der Waals surface area contributed by atoms with Crippen molar-refractivity contribution in [1.29, 1.82) is 0 Å². The summed E-state index contributed by atoms with van der Waals surface area (Å²) < 4.78 is 10.7. The summed E-state index contributed by atoms with van der Waals surface area (Å²) in [4.78, 5) is 31.5. The van der Waals surface area contributed by atoms with E-state index in [2.05, 4.69) is 28.1 Å². The second-order valence-corrected chi connectivity index (χ2v) is 9.18. The van der Waals surface area contributed by atoms with Gasteiger partial charge >= 0.3 is 11.9 Å². The van der Waals surface area contributed by atoms with Gasteiger partial charge in [-0.1, -0.05) is 24.3 Å². The van der Waals surface area contributed by atoms with Gasteiger partial charge in [-0.3, -0.25) is 0 Å². The topological polar surface area (TPSA) is 71.6 Å².